The molecule has 1 fully saturated rings. The van der Waals surface area contributed by atoms with Gasteiger partial charge in [-0.2, -0.15) is 0 Å². The van der Waals surface area contributed by atoms with Gasteiger partial charge in [0.05, 0.1) is 6.61 Å². The van der Waals surface area contributed by atoms with Crippen molar-refractivity contribution in [1.29, 1.82) is 0 Å². The fraction of sp³-hybridized carbons (Fsp3) is 0.364. The Morgan fingerprint density at radius 3 is 2.55 bits per heavy atom. The third-order valence-corrected chi connectivity index (χ3v) is 5.14. The highest BCUT2D eigenvalue weighted by Gasteiger charge is 2.18. The maximum absolute atomic E-state index is 12.6. The number of ether oxygens (including phenoxy) is 2. The second kappa shape index (κ2) is 10.3. The smallest absolute Gasteiger partial charge is 0.260 e. The van der Waals surface area contributed by atoms with E-state index in [0.717, 1.165) is 30.4 Å². The van der Waals surface area contributed by atoms with Crippen LogP contribution in [0.3, 0.4) is 0 Å². The topological polar surface area (TPSA) is 67.9 Å². The van der Waals surface area contributed by atoms with Crippen molar-refractivity contribution in [1.82, 2.24) is 4.90 Å². The molecule has 0 spiro atoms. The molecule has 1 aliphatic rings. The zero-order chi connectivity index (χ0) is 20.6. The molecule has 1 heterocycles. The van der Waals surface area contributed by atoms with Gasteiger partial charge in [-0.3, -0.25) is 9.59 Å². The van der Waals surface area contributed by atoms with Gasteiger partial charge in [0.15, 0.2) is 18.1 Å². The number of hydrogen-bond acceptors (Lipinski definition) is 4. The van der Waals surface area contributed by atoms with Crippen molar-refractivity contribution in [3.8, 4) is 11.5 Å². The highest BCUT2D eigenvalue weighted by atomic mass is 79.9. The Morgan fingerprint density at radius 2 is 1.83 bits per heavy atom. The van der Waals surface area contributed by atoms with Gasteiger partial charge in [-0.1, -0.05) is 22.0 Å². The number of piperidine rings is 1. The minimum atomic E-state index is -0.250. The van der Waals surface area contributed by atoms with E-state index in [4.69, 9.17) is 9.47 Å². The van der Waals surface area contributed by atoms with Gasteiger partial charge in [0.25, 0.3) is 11.8 Å². The molecule has 0 radical (unpaired) electrons. The van der Waals surface area contributed by atoms with Crippen molar-refractivity contribution in [3.05, 3.63) is 52.5 Å². The minimum Gasteiger partial charge on any atom is -0.490 e. The molecule has 0 atom stereocenters. The quantitative estimate of drug-likeness (QED) is 0.660. The molecule has 1 saturated heterocycles. The van der Waals surface area contributed by atoms with Crippen molar-refractivity contribution in [3.63, 3.8) is 0 Å². The zero-order valence-electron chi connectivity index (χ0n) is 16.4. The Balaban J connectivity index is 1.67. The van der Waals surface area contributed by atoms with Gasteiger partial charge < -0.3 is 19.7 Å². The number of halogens is 1. The lowest BCUT2D eigenvalue weighted by Gasteiger charge is -2.26. The highest BCUT2D eigenvalue weighted by Crippen LogP contribution is 2.29. The number of rotatable bonds is 7. The predicted octanol–water partition coefficient (Wildman–Crippen LogP) is 4.49. The lowest BCUT2D eigenvalue weighted by atomic mass is 10.1. The molecule has 2 amide bonds. The predicted molar refractivity (Wildman–Crippen MR) is 116 cm³/mol. The number of nitrogens with zero attached hydrogens (tertiary/aromatic N) is 1. The maximum atomic E-state index is 12.6. The normalized spacial score (nSPS) is 13.7. The third-order valence-electron chi connectivity index (χ3n) is 4.65. The van der Waals surface area contributed by atoms with Crippen LogP contribution < -0.4 is 14.8 Å². The van der Waals surface area contributed by atoms with Gasteiger partial charge in [-0.05, 0) is 62.6 Å². The number of likely N-dealkylation sites (tertiary alicyclic amines) is 1. The molecule has 2 aromatic rings. The average Bonchev–Trinajstić information content (AvgIpc) is 2.73. The van der Waals surface area contributed by atoms with Crippen LogP contribution in [0, 0.1) is 0 Å². The standard InChI is InChI=1S/C22H25BrN2O4/c1-2-28-20-13-16(22(27)24-18-8-6-7-17(23)14-18)9-10-19(20)29-15-21(26)25-11-4-3-5-12-25/h6-10,13-14H,2-5,11-12,15H2,1H3,(H,24,27). The summed E-state index contributed by atoms with van der Waals surface area (Å²) in [5.41, 5.74) is 1.14. The molecule has 3 rings (SSSR count). The zero-order valence-corrected chi connectivity index (χ0v) is 18.0. The molecule has 2 aromatic carbocycles. The van der Waals surface area contributed by atoms with E-state index in [1.165, 1.54) is 6.42 Å². The molecule has 0 unspecified atom stereocenters. The van der Waals surface area contributed by atoms with Gasteiger partial charge >= 0.3 is 0 Å². The number of carbonyl (C=O) groups is 2. The van der Waals surface area contributed by atoms with Crippen LogP contribution in [0.5, 0.6) is 11.5 Å². The van der Waals surface area contributed by atoms with Crippen LogP contribution in [0.25, 0.3) is 0 Å². The first-order chi connectivity index (χ1) is 14.1. The minimum absolute atomic E-state index is 0.0244. The molecular weight excluding hydrogens is 436 g/mol. The molecule has 1 aliphatic heterocycles. The summed E-state index contributed by atoms with van der Waals surface area (Å²) in [4.78, 5) is 26.8. The van der Waals surface area contributed by atoms with Crippen LogP contribution in [-0.2, 0) is 4.79 Å². The van der Waals surface area contributed by atoms with Gasteiger partial charge in [0.1, 0.15) is 0 Å². The molecule has 6 nitrogen and oxygen atoms in total. The maximum Gasteiger partial charge on any atom is 0.260 e. The number of benzene rings is 2. The summed E-state index contributed by atoms with van der Waals surface area (Å²) in [5, 5.41) is 2.85. The largest absolute Gasteiger partial charge is 0.490 e. The third kappa shape index (κ3) is 5.97. The van der Waals surface area contributed by atoms with E-state index in [9.17, 15) is 9.59 Å². The van der Waals surface area contributed by atoms with E-state index in [-0.39, 0.29) is 18.4 Å². The highest BCUT2D eigenvalue weighted by molar-refractivity contribution is 9.10. The van der Waals surface area contributed by atoms with Gasteiger partial charge in [0.2, 0.25) is 0 Å². The van der Waals surface area contributed by atoms with Crippen LogP contribution >= 0.6 is 15.9 Å². The molecule has 1 N–H and O–H groups in total. The fourth-order valence-electron chi connectivity index (χ4n) is 3.18. The van der Waals surface area contributed by atoms with E-state index < -0.39 is 0 Å². The molecule has 0 aliphatic carbocycles. The number of carbonyl (C=O) groups excluding carboxylic acids is 2. The van der Waals surface area contributed by atoms with Crippen molar-refractivity contribution in [2.75, 3.05) is 31.6 Å². The first-order valence-corrected chi connectivity index (χ1v) is 10.6. The van der Waals surface area contributed by atoms with E-state index >= 15 is 0 Å². The summed E-state index contributed by atoms with van der Waals surface area (Å²) in [7, 11) is 0. The van der Waals surface area contributed by atoms with Gasteiger partial charge in [-0.25, -0.2) is 0 Å². The Hall–Kier alpha value is -2.54. The molecule has 0 aromatic heterocycles. The van der Waals surface area contributed by atoms with Crippen LogP contribution in [0.1, 0.15) is 36.5 Å². The summed E-state index contributed by atoms with van der Waals surface area (Å²) in [6.07, 6.45) is 3.25. The molecular formula is C22H25BrN2O4. The Bertz CT molecular complexity index is 866. The summed E-state index contributed by atoms with van der Waals surface area (Å²) >= 11 is 3.39. The number of amides is 2. The fourth-order valence-corrected chi connectivity index (χ4v) is 3.58. The number of anilines is 1. The summed E-state index contributed by atoms with van der Waals surface area (Å²) in [5.74, 6) is 0.626. The van der Waals surface area contributed by atoms with Crippen molar-refractivity contribution >= 4 is 33.4 Å². The Labute approximate surface area is 179 Å². The molecule has 29 heavy (non-hydrogen) atoms. The second-order valence-electron chi connectivity index (χ2n) is 6.79. The number of hydrogen-bond donors (Lipinski definition) is 1. The van der Waals surface area contributed by atoms with E-state index in [1.54, 1.807) is 18.2 Å². The van der Waals surface area contributed by atoms with Crippen molar-refractivity contribution in [2.45, 2.75) is 26.2 Å². The first-order valence-electron chi connectivity index (χ1n) is 9.81. The summed E-state index contributed by atoms with van der Waals surface area (Å²) < 4.78 is 12.2. The lowest BCUT2D eigenvalue weighted by Crippen LogP contribution is -2.38. The molecule has 154 valence electrons. The van der Waals surface area contributed by atoms with Crippen LogP contribution in [0.4, 0.5) is 5.69 Å². The van der Waals surface area contributed by atoms with Gasteiger partial charge in [-0.15, -0.1) is 0 Å². The SMILES string of the molecule is CCOc1cc(C(=O)Nc2cccc(Br)c2)ccc1OCC(=O)N1CCCCC1. The van der Waals surface area contributed by atoms with E-state index in [1.807, 2.05) is 36.1 Å². The first kappa shape index (κ1) is 21.2. The average molecular weight is 461 g/mol. The molecule has 0 bridgehead atoms. The number of nitrogens with one attached hydrogen (secondary N) is 1. The van der Waals surface area contributed by atoms with Crippen molar-refractivity contribution in [2.24, 2.45) is 0 Å². The lowest BCUT2D eigenvalue weighted by molar-refractivity contribution is -0.134. The monoisotopic (exact) mass is 460 g/mol. The molecule has 7 heteroatoms. The Morgan fingerprint density at radius 1 is 1.03 bits per heavy atom. The van der Waals surface area contributed by atoms with E-state index in [0.29, 0.717) is 29.4 Å². The molecule has 0 saturated carbocycles. The van der Waals surface area contributed by atoms with Gasteiger partial charge in [0, 0.05) is 28.8 Å². The Kier molecular flexibility index (Phi) is 7.52. The van der Waals surface area contributed by atoms with Crippen LogP contribution in [-0.4, -0.2) is 43.0 Å². The van der Waals surface area contributed by atoms with Crippen molar-refractivity contribution < 1.29 is 19.1 Å². The summed E-state index contributed by atoms with van der Waals surface area (Å²) in [6, 6.07) is 12.3. The second-order valence-corrected chi connectivity index (χ2v) is 7.70. The van der Waals surface area contributed by atoms with Crippen LogP contribution in [0.2, 0.25) is 0 Å². The van der Waals surface area contributed by atoms with Crippen LogP contribution in [0.15, 0.2) is 46.9 Å². The summed E-state index contributed by atoms with van der Waals surface area (Å²) in [6.45, 7) is 3.82. The van der Waals surface area contributed by atoms with E-state index in [2.05, 4.69) is 21.2 Å².